The summed E-state index contributed by atoms with van der Waals surface area (Å²) in [5, 5.41) is 0. The van der Waals surface area contributed by atoms with E-state index in [-0.39, 0.29) is 6.04 Å². The van der Waals surface area contributed by atoms with E-state index < -0.39 is 0 Å². The molecule has 1 nitrogen and oxygen atoms in total. The van der Waals surface area contributed by atoms with E-state index in [4.69, 9.17) is 5.73 Å². The predicted molar refractivity (Wildman–Crippen MR) is 88.2 cm³/mol. The third-order valence-corrected chi connectivity index (χ3v) is 6.70. The molecule has 1 aliphatic rings. The van der Waals surface area contributed by atoms with Crippen LogP contribution in [-0.4, -0.2) is 0 Å². The summed E-state index contributed by atoms with van der Waals surface area (Å²) in [5.41, 5.74) is 7.96. The van der Waals surface area contributed by atoms with E-state index in [2.05, 4.69) is 34.1 Å². The zero-order valence-electron chi connectivity index (χ0n) is 10.8. The zero-order valence-corrected chi connectivity index (χ0v) is 14.0. The molecule has 2 aromatic heterocycles. The van der Waals surface area contributed by atoms with Crippen LogP contribution in [0.25, 0.3) is 0 Å². The van der Waals surface area contributed by atoms with E-state index >= 15 is 0 Å². The maximum Gasteiger partial charge on any atom is 0.0701 e. The maximum absolute atomic E-state index is 6.39. The van der Waals surface area contributed by atoms with Gasteiger partial charge < -0.3 is 5.73 Å². The zero-order chi connectivity index (χ0) is 13.2. The molecule has 19 heavy (non-hydrogen) atoms. The summed E-state index contributed by atoms with van der Waals surface area (Å²) in [5.74, 6) is 0. The van der Waals surface area contributed by atoms with Crippen molar-refractivity contribution in [2.75, 3.05) is 0 Å². The summed E-state index contributed by atoms with van der Waals surface area (Å²) in [6, 6.07) is 6.81. The second kappa shape index (κ2) is 6.08. The third-order valence-electron chi connectivity index (χ3n) is 3.68. The first-order valence-corrected chi connectivity index (χ1v) is 9.26. The first-order chi connectivity index (χ1) is 9.22. The van der Waals surface area contributed by atoms with Crippen molar-refractivity contribution < 1.29 is 0 Å². The van der Waals surface area contributed by atoms with Crippen LogP contribution in [-0.2, 0) is 19.3 Å². The third kappa shape index (κ3) is 3.30. The number of nitrogens with two attached hydrogens (primary N) is 1. The lowest BCUT2D eigenvalue weighted by Crippen LogP contribution is -2.10. The fraction of sp³-hybridized carbons (Fsp3) is 0.467. The number of rotatable bonds is 3. The molecule has 0 saturated heterocycles. The Labute approximate surface area is 131 Å². The average molecular weight is 356 g/mol. The molecule has 0 bridgehead atoms. The summed E-state index contributed by atoms with van der Waals surface area (Å²) in [6.45, 7) is 0. The molecular weight excluding hydrogens is 338 g/mol. The highest BCUT2D eigenvalue weighted by molar-refractivity contribution is 9.11. The lowest BCUT2D eigenvalue weighted by molar-refractivity contribution is 0.710. The van der Waals surface area contributed by atoms with Crippen molar-refractivity contribution in [1.82, 2.24) is 0 Å². The highest BCUT2D eigenvalue weighted by Crippen LogP contribution is 2.33. The number of thiophene rings is 2. The molecule has 1 aliphatic carbocycles. The van der Waals surface area contributed by atoms with Gasteiger partial charge in [0.1, 0.15) is 0 Å². The van der Waals surface area contributed by atoms with Gasteiger partial charge in [-0.15, -0.1) is 22.7 Å². The van der Waals surface area contributed by atoms with Gasteiger partial charge in [-0.2, -0.15) is 0 Å². The quantitative estimate of drug-likeness (QED) is 0.762. The fourth-order valence-corrected chi connectivity index (χ4v) is 5.45. The molecule has 0 aromatic carbocycles. The molecule has 0 amide bonds. The van der Waals surface area contributed by atoms with E-state index in [9.17, 15) is 0 Å². The number of hydrogen-bond acceptors (Lipinski definition) is 3. The van der Waals surface area contributed by atoms with Crippen molar-refractivity contribution in [2.45, 2.75) is 44.6 Å². The van der Waals surface area contributed by atoms with Crippen molar-refractivity contribution in [2.24, 2.45) is 5.73 Å². The standard InChI is InChI=1S/C15H18BrNS2/c16-15-7-6-11(18-15)9-12(17)14-8-10-4-2-1-3-5-13(10)19-14/h6-8,12H,1-5,9,17H2. The smallest absolute Gasteiger partial charge is 0.0701 e. The summed E-state index contributed by atoms with van der Waals surface area (Å²) in [7, 11) is 0. The van der Waals surface area contributed by atoms with Gasteiger partial charge in [-0.25, -0.2) is 0 Å². The lowest BCUT2D eigenvalue weighted by Gasteiger charge is -2.07. The van der Waals surface area contributed by atoms with E-state index in [0.29, 0.717) is 0 Å². The van der Waals surface area contributed by atoms with Crippen molar-refractivity contribution in [1.29, 1.82) is 0 Å². The minimum atomic E-state index is 0.155. The van der Waals surface area contributed by atoms with E-state index in [0.717, 1.165) is 6.42 Å². The molecule has 0 fully saturated rings. The molecule has 2 aromatic rings. The molecule has 1 unspecified atom stereocenters. The van der Waals surface area contributed by atoms with E-state index in [1.165, 1.54) is 45.6 Å². The van der Waals surface area contributed by atoms with Crippen LogP contribution >= 0.6 is 38.6 Å². The van der Waals surface area contributed by atoms with Gasteiger partial charge in [0.05, 0.1) is 3.79 Å². The number of fused-ring (bicyclic) bond motifs is 1. The van der Waals surface area contributed by atoms with Crippen LogP contribution in [0.3, 0.4) is 0 Å². The van der Waals surface area contributed by atoms with Gasteiger partial charge in [0.2, 0.25) is 0 Å². The summed E-state index contributed by atoms with van der Waals surface area (Å²) < 4.78 is 1.19. The average Bonchev–Trinajstić information content (AvgIpc) is 2.91. The van der Waals surface area contributed by atoms with E-state index in [1.54, 1.807) is 21.8 Å². The monoisotopic (exact) mass is 355 g/mol. The largest absolute Gasteiger partial charge is 0.323 e. The second-order valence-electron chi connectivity index (χ2n) is 5.17. The Bertz CT molecular complexity index is 535. The molecule has 1 atom stereocenters. The molecule has 2 N–H and O–H groups in total. The fourth-order valence-electron chi connectivity index (χ4n) is 2.65. The SMILES string of the molecule is NC(Cc1ccc(Br)s1)c1cc2c(s1)CCCCC2. The van der Waals surface area contributed by atoms with Crippen LogP contribution < -0.4 is 5.73 Å². The Hall–Kier alpha value is -0.160. The van der Waals surface area contributed by atoms with Gasteiger partial charge in [-0.05, 0) is 65.4 Å². The van der Waals surface area contributed by atoms with Crippen molar-refractivity contribution in [3.63, 3.8) is 0 Å². The second-order valence-corrected chi connectivity index (χ2v) is 8.89. The molecule has 0 saturated carbocycles. The molecule has 0 aliphatic heterocycles. The first kappa shape index (κ1) is 13.8. The Morgan fingerprint density at radius 2 is 2.00 bits per heavy atom. The van der Waals surface area contributed by atoms with Gasteiger partial charge in [0, 0.05) is 27.1 Å². The summed E-state index contributed by atoms with van der Waals surface area (Å²) in [4.78, 5) is 4.33. The topological polar surface area (TPSA) is 26.0 Å². The van der Waals surface area contributed by atoms with Gasteiger partial charge in [-0.3, -0.25) is 0 Å². The summed E-state index contributed by atoms with van der Waals surface area (Å²) in [6.07, 6.45) is 7.54. The number of aryl methyl sites for hydroxylation is 2. The van der Waals surface area contributed by atoms with Crippen molar-refractivity contribution >= 4 is 38.6 Å². The highest BCUT2D eigenvalue weighted by Gasteiger charge is 2.16. The lowest BCUT2D eigenvalue weighted by atomic mass is 10.1. The van der Waals surface area contributed by atoms with Crippen LogP contribution in [0.15, 0.2) is 22.0 Å². The van der Waals surface area contributed by atoms with Crippen LogP contribution in [0.4, 0.5) is 0 Å². The molecular formula is C15H18BrNS2. The van der Waals surface area contributed by atoms with Gasteiger partial charge >= 0.3 is 0 Å². The first-order valence-electron chi connectivity index (χ1n) is 6.83. The Kier molecular flexibility index (Phi) is 4.42. The van der Waals surface area contributed by atoms with Crippen LogP contribution in [0.5, 0.6) is 0 Å². The predicted octanol–water partition coefficient (Wildman–Crippen LogP) is 5.08. The number of hydrogen-bond donors (Lipinski definition) is 1. The molecule has 4 heteroatoms. The van der Waals surface area contributed by atoms with Crippen LogP contribution in [0.2, 0.25) is 0 Å². The molecule has 2 heterocycles. The Morgan fingerprint density at radius 3 is 2.79 bits per heavy atom. The van der Waals surface area contributed by atoms with Crippen LogP contribution in [0, 0.1) is 0 Å². The van der Waals surface area contributed by atoms with E-state index in [1.807, 2.05) is 11.3 Å². The van der Waals surface area contributed by atoms with Gasteiger partial charge in [0.15, 0.2) is 0 Å². The Morgan fingerprint density at radius 1 is 1.16 bits per heavy atom. The maximum atomic E-state index is 6.39. The van der Waals surface area contributed by atoms with Gasteiger partial charge in [0.25, 0.3) is 0 Å². The highest BCUT2D eigenvalue weighted by atomic mass is 79.9. The number of halogens is 1. The molecule has 102 valence electrons. The minimum absolute atomic E-state index is 0.155. The Balaban J connectivity index is 1.74. The molecule has 3 rings (SSSR count). The van der Waals surface area contributed by atoms with Crippen molar-refractivity contribution in [3.8, 4) is 0 Å². The van der Waals surface area contributed by atoms with Crippen molar-refractivity contribution in [3.05, 3.63) is 42.2 Å². The normalized spacial score (nSPS) is 16.9. The molecule has 0 radical (unpaired) electrons. The summed E-state index contributed by atoms with van der Waals surface area (Å²) >= 11 is 7.25. The van der Waals surface area contributed by atoms with Gasteiger partial charge in [-0.1, -0.05) is 6.42 Å². The minimum Gasteiger partial charge on any atom is -0.323 e. The molecule has 0 spiro atoms. The van der Waals surface area contributed by atoms with Crippen LogP contribution in [0.1, 0.15) is 45.5 Å².